The third-order valence-corrected chi connectivity index (χ3v) is 3.30. The lowest BCUT2D eigenvalue weighted by Gasteiger charge is -2.28. The smallest absolute Gasteiger partial charge is 0.320 e. The molecule has 0 bridgehead atoms. The van der Waals surface area contributed by atoms with Gasteiger partial charge in [-0.1, -0.05) is 0 Å². The van der Waals surface area contributed by atoms with Gasteiger partial charge in [0.1, 0.15) is 5.60 Å². The van der Waals surface area contributed by atoms with Gasteiger partial charge >= 0.3 is 5.97 Å². The van der Waals surface area contributed by atoms with Crippen molar-refractivity contribution in [2.24, 2.45) is 0 Å². The Balaban J connectivity index is 1.95. The van der Waals surface area contributed by atoms with Crippen LogP contribution in [-0.4, -0.2) is 34.5 Å². The fourth-order valence-electron chi connectivity index (χ4n) is 2.13. The molecule has 1 aliphatic heterocycles. The van der Waals surface area contributed by atoms with Crippen molar-refractivity contribution in [2.75, 3.05) is 13.1 Å². The minimum Gasteiger partial charge on any atom is -0.459 e. The van der Waals surface area contributed by atoms with Gasteiger partial charge in [-0.2, -0.15) is 0 Å². The first-order valence-corrected chi connectivity index (χ1v) is 7.20. The predicted molar refractivity (Wildman–Crippen MR) is 76.8 cm³/mol. The summed E-state index contributed by atoms with van der Waals surface area (Å²) in [7, 11) is 0. The summed E-state index contributed by atoms with van der Waals surface area (Å²) in [5.74, 6) is -0.173. The number of rotatable bonds is 2. The van der Waals surface area contributed by atoms with E-state index in [0.29, 0.717) is 13.1 Å². The highest BCUT2D eigenvalue weighted by atomic mass is 79.9. The molecular formula is C14H19BrN2O2. The van der Waals surface area contributed by atoms with E-state index in [-0.39, 0.29) is 5.97 Å². The number of ether oxygens (including phenoxy) is 1. The largest absolute Gasteiger partial charge is 0.459 e. The summed E-state index contributed by atoms with van der Waals surface area (Å²) < 4.78 is 6.35. The normalized spacial score (nSPS) is 16.0. The fraction of sp³-hybridized carbons (Fsp3) is 0.571. The predicted octanol–water partition coefficient (Wildman–Crippen LogP) is 2.54. The van der Waals surface area contributed by atoms with Gasteiger partial charge in [0.05, 0.1) is 12.2 Å². The number of fused-ring (bicyclic) bond motifs is 1. The average Bonchev–Trinajstić information content (AvgIpc) is 2.26. The van der Waals surface area contributed by atoms with Crippen LogP contribution in [-0.2, 0) is 22.5 Å². The van der Waals surface area contributed by atoms with E-state index >= 15 is 0 Å². The molecule has 0 N–H and O–H groups in total. The molecule has 2 heterocycles. The van der Waals surface area contributed by atoms with Gasteiger partial charge in [-0.05, 0) is 54.8 Å². The van der Waals surface area contributed by atoms with Crippen LogP contribution in [0.3, 0.4) is 0 Å². The van der Waals surface area contributed by atoms with Gasteiger partial charge in [-0.25, -0.2) is 0 Å². The highest BCUT2D eigenvalue weighted by Crippen LogP contribution is 2.20. The molecule has 0 saturated carbocycles. The van der Waals surface area contributed by atoms with Crippen LogP contribution in [0.25, 0.3) is 0 Å². The topological polar surface area (TPSA) is 42.4 Å². The van der Waals surface area contributed by atoms with E-state index in [9.17, 15) is 4.79 Å². The van der Waals surface area contributed by atoms with Crippen molar-refractivity contribution < 1.29 is 9.53 Å². The quantitative estimate of drug-likeness (QED) is 0.783. The van der Waals surface area contributed by atoms with E-state index in [1.54, 1.807) is 6.20 Å². The van der Waals surface area contributed by atoms with E-state index in [4.69, 9.17) is 4.74 Å². The van der Waals surface area contributed by atoms with Crippen LogP contribution in [0.4, 0.5) is 0 Å². The third kappa shape index (κ3) is 4.28. The molecule has 0 saturated heterocycles. The second kappa shape index (κ2) is 5.59. The second-order valence-corrected chi connectivity index (χ2v) is 6.72. The first-order valence-electron chi connectivity index (χ1n) is 6.41. The van der Waals surface area contributed by atoms with Gasteiger partial charge in [0.15, 0.2) is 0 Å². The highest BCUT2D eigenvalue weighted by molar-refractivity contribution is 9.10. The number of hydrogen-bond donors (Lipinski definition) is 0. The molecule has 0 radical (unpaired) electrons. The van der Waals surface area contributed by atoms with Crippen LogP contribution in [0.5, 0.6) is 0 Å². The van der Waals surface area contributed by atoms with E-state index in [0.717, 1.165) is 23.1 Å². The van der Waals surface area contributed by atoms with Crippen molar-refractivity contribution in [2.45, 2.75) is 39.3 Å². The van der Waals surface area contributed by atoms with Crippen molar-refractivity contribution >= 4 is 21.9 Å². The van der Waals surface area contributed by atoms with Crippen molar-refractivity contribution in [1.29, 1.82) is 0 Å². The zero-order valence-electron chi connectivity index (χ0n) is 11.6. The van der Waals surface area contributed by atoms with Crippen LogP contribution in [0, 0.1) is 0 Å². The summed E-state index contributed by atoms with van der Waals surface area (Å²) in [6.45, 7) is 7.56. The number of halogens is 1. The SMILES string of the molecule is CC(C)(C)OC(=O)CN1CCc2cc(Br)cnc2C1. The Morgan fingerprint density at radius 1 is 1.53 bits per heavy atom. The molecule has 1 aromatic rings. The molecule has 1 aromatic heterocycles. The van der Waals surface area contributed by atoms with Crippen molar-refractivity contribution in [3.63, 3.8) is 0 Å². The Kier molecular flexibility index (Phi) is 4.26. The Hall–Kier alpha value is -0.940. The molecule has 0 atom stereocenters. The van der Waals surface area contributed by atoms with Crippen LogP contribution >= 0.6 is 15.9 Å². The molecule has 2 rings (SSSR count). The second-order valence-electron chi connectivity index (χ2n) is 5.81. The van der Waals surface area contributed by atoms with Gasteiger partial charge in [0.2, 0.25) is 0 Å². The molecule has 0 aliphatic carbocycles. The summed E-state index contributed by atoms with van der Waals surface area (Å²) in [6.07, 6.45) is 2.72. The maximum absolute atomic E-state index is 11.8. The summed E-state index contributed by atoms with van der Waals surface area (Å²) >= 11 is 3.43. The lowest BCUT2D eigenvalue weighted by Crippen LogP contribution is -2.38. The fourth-order valence-corrected chi connectivity index (χ4v) is 2.51. The molecule has 0 amide bonds. The minimum atomic E-state index is -0.423. The Bertz CT molecular complexity index is 483. The van der Waals surface area contributed by atoms with Gasteiger partial charge < -0.3 is 4.74 Å². The van der Waals surface area contributed by atoms with Crippen LogP contribution in [0.1, 0.15) is 32.0 Å². The number of hydrogen-bond acceptors (Lipinski definition) is 4. The number of carbonyl (C=O) groups is 1. The summed E-state index contributed by atoms with van der Waals surface area (Å²) in [5, 5.41) is 0. The number of esters is 1. The molecular weight excluding hydrogens is 308 g/mol. The molecule has 0 spiro atoms. The zero-order chi connectivity index (χ0) is 14.0. The molecule has 4 nitrogen and oxygen atoms in total. The maximum atomic E-state index is 11.8. The molecule has 104 valence electrons. The highest BCUT2D eigenvalue weighted by Gasteiger charge is 2.22. The molecule has 1 aliphatic rings. The Labute approximate surface area is 122 Å². The van der Waals surface area contributed by atoms with Gasteiger partial charge in [-0.15, -0.1) is 0 Å². The van der Waals surface area contributed by atoms with Crippen LogP contribution in [0.2, 0.25) is 0 Å². The van der Waals surface area contributed by atoms with Crippen LogP contribution in [0.15, 0.2) is 16.7 Å². The minimum absolute atomic E-state index is 0.173. The molecule has 0 fully saturated rings. The number of carbonyl (C=O) groups excluding carboxylic acids is 1. The molecule has 0 aromatic carbocycles. The Morgan fingerprint density at radius 3 is 2.95 bits per heavy atom. The number of pyridine rings is 1. The summed E-state index contributed by atoms with van der Waals surface area (Å²) in [4.78, 5) is 18.3. The van der Waals surface area contributed by atoms with Gasteiger partial charge in [0, 0.05) is 23.8 Å². The standard InChI is InChI=1S/C14H19BrN2O2/c1-14(2,3)19-13(18)9-17-5-4-10-6-11(15)7-16-12(10)8-17/h6-7H,4-5,8-9H2,1-3H3. The number of nitrogens with zero attached hydrogens (tertiary/aromatic N) is 2. The monoisotopic (exact) mass is 326 g/mol. The van der Waals surface area contributed by atoms with Gasteiger partial charge in [0.25, 0.3) is 0 Å². The Morgan fingerprint density at radius 2 is 2.26 bits per heavy atom. The number of aromatic nitrogens is 1. The lowest BCUT2D eigenvalue weighted by molar-refractivity contribution is -0.156. The first kappa shape index (κ1) is 14.5. The van der Waals surface area contributed by atoms with Crippen molar-refractivity contribution in [1.82, 2.24) is 9.88 Å². The molecule has 5 heteroatoms. The van der Waals surface area contributed by atoms with Crippen LogP contribution < -0.4 is 0 Å². The lowest BCUT2D eigenvalue weighted by atomic mass is 10.1. The van der Waals surface area contributed by atoms with Gasteiger partial charge in [-0.3, -0.25) is 14.7 Å². The third-order valence-electron chi connectivity index (χ3n) is 2.87. The molecule has 0 unspecified atom stereocenters. The summed E-state index contributed by atoms with van der Waals surface area (Å²) in [6, 6.07) is 2.10. The zero-order valence-corrected chi connectivity index (χ0v) is 13.2. The van der Waals surface area contributed by atoms with E-state index in [1.807, 2.05) is 20.8 Å². The maximum Gasteiger partial charge on any atom is 0.320 e. The van der Waals surface area contributed by atoms with Crippen molar-refractivity contribution in [3.8, 4) is 0 Å². The summed E-state index contributed by atoms with van der Waals surface area (Å²) in [5.41, 5.74) is 1.89. The first-order chi connectivity index (χ1) is 8.83. The van der Waals surface area contributed by atoms with E-state index < -0.39 is 5.60 Å². The molecule has 19 heavy (non-hydrogen) atoms. The average molecular weight is 327 g/mol. The van der Waals surface area contributed by atoms with Crippen molar-refractivity contribution in [3.05, 3.63) is 28.0 Å². The van der Waals surface area contributed by atoms with E-state index in [1.165, 1.54) is 5.56 Å². The van der Waals surface area contributed by atoms with E-state index in [2.05, 4.69) is 31.9 Å².